The molecule has 92 valence electrons. The van der Waals surface area contributed by atoms with Crippen LogP contribution in [0.1, 0.15) is 11.8 Å². The zero-order chi connectivity index (χ0) is 12.7. The minimum absolute atomic E-state index is 0.244. The van der Waals surface area contributed by atoms with Gasteiger partial charge in [-0.15, -0.1) is 11.3 Å². The first kappa shape index (κ1) is 12.1. The van der Waals surface area contributed by atoms with Crippen molar-refractivity contribution in [2.24, 2.45) is 0 Å². The molecule has 0 aliphatic carbocycles. The lowest BCUT2D eigenvalue weighted by Gasteiger charge is -2.01. The molecular weight excluding hydrogens is 336 g/mol. The fraction of sp³-hybridized carbons (Fsp3) is 0.182. The Labute approximate surface area is 121 Å². The fourth-order valence-electron chi connectivity index (χ4n) is 1.70. The van der Waals surface area contributed by atoms with Crippen molar-refractivity contribution >= 4 is 49.1 Å². The molecule has 0 saturated heterocycles. The molecular formula is C11H8BrClN4S. The largest absolute Gasteiger partial charge is 0.225 e. The van der Waals surface area contributed by atoms with E-state index in [1.165, 1.54) is 4.88 Å². The molecule has 0 amide bonds. The van der Waals surface area contributed by atoms with E-state index in [0.29, 0.717) is 5.82 Å². The predicted molar refractivity (Wildman–Crippen MR) is 76.6 cm³/mol. The van der Waals surface area contributed by atoms with Gasteiger partial charge in [0.05, 0.1) is 16.1 Å². The number of thiophene rings is 1. The number of aryl methyl sites for hydroxylation is 1. The van der Waals surface area contributed by atoms with Gasteiger partial charge in [-0.1, -0.05) is 6.92 Å². The summed E-state index contributed by atoms with van der Waals surface area (Å²) in [5.74, 6) is 0.714. The Balaban J connectivity index is 2.29. The number of fused-ring (bicyclic) bond motifs is 1. The topological polar surface area (TPSA) is 43.6 Å². The molecule has 0 radical (unpaired) electrons. The van der Waals surface area contributed by atoms with Crippen LogP contribution in [0, 0.1) is 0 Å². The Hall–Kier alpha value is -0.980. The first-order valence-electron chi connectivity index (χ1n) is 5.34. The average Bonchev–Trinajstić information content (AvgIpc) is 2.93. The standard InChI is InChI=1S/C11H8BrClN4S/c1-2-7-3-8-9(17-5-6(12)4-14-17)15-11(13)16-10(8)18-7/h3-5H,2H2,1H3. The van der Waals surface area contributed by atoms with Gasteiger partial charge in [0.2, 0.25) is 5.28 Å². The van der Waals surface area contributed by atoms with Crippen LogP contribution >= 0.6 is 38.9 Å². The average molecular weight is 344 g/mol. The van der Waals surface area contributed by atoms with Crippen LogP contribution in [0.4, 0.5) is 0 Å². The van der Waals surface area contributed by atoms with E-state index in [0.717, 1.165) is 21.1 Å². The molecule has 7 heteroatoms. The highest BCUT2D eigenvalue weighted by molar-refractivity contribution is 9.10. The molecule has 0 atom stereocenters. The van der Waals surface area contributed by atoms with E-state index in [2.05, 4.69) is 44.0 Å². The second kappa shape index (κ2) is 4.60. The van der Waals surface area contributed by atoms with E-state index in [1.54, 1.807) is 22.2 Å². The predicted octanol–water partition coefficient (Wildman–Crippen LogP) is 3.86. The number of hydrogen-bond donors (Lipinski definition) is 0. The van der Waals surface area contributed by atoms with Gasteiger partial charge >= 0.3 is 0 Å². The van der Waals surface area contributed by atoms with Crippen molar-refractivity contribution in [1.82, 2.24) is 19.7 Å². The molecule has 0 saturated carbocycles. The van der Waals surface area contributed by atoms with Gasteiger partial charge in [-0.25, -0.2) is 9.67 Å². The third kappa shape index (κ3) is 2.04. The minimum atomic E-state index is 0.244. The van der Waals surface area contributed by atoms with Crippen molar-refractivity contribution in [1.29, 1.82) is 0 Å². The van der Waals surface area contributed by atoms with Gasteiger partial charge in [0.25, 0.3) is 0 Å². The van der Waals surface area contributed by atoms with Gasteiger partial charge in [0.1, 0.15) is 4.83 Å². The Kier molecular flexibility index (Phi) is 3.09. The number of rotatable bonds is 2. The van der Waals surface area contributed by atoms with Crippen molar-refractivity contribution in [3.05, 3.63) is 33.1 Å². The number of halogens is 2. The monoisotopic (exact) mass is 342 g/mol. The highest BCUT2D eigenvalue weighted by Crippen LogP contribution is 2.29. The maximum atomic E-state index is 5.96. The minimum Gasteiger partial charge on any atom is -0.221 e. The van der Waals surface area contributed by atoms with Crippen molar-refractivity contribution in [3.8, 4) is 5.82 Å². The van der Waals surface area contributed by atoms with Crippen LogP contribution in [-0.4, -0.2) is 19.7 Å². The maximum Gasteiger partial charge on any atom is 0.225 e. The molecule has 0 fully saturated rings. The Morgan fingerprint density at radius 3 is 2.94 bits per heavy atom. The van der Waals surface area contributed by atoms with Crippen LogP contribution in [0.25, 0.3) is 16.0 Å². The lowest BCUT2D eigenvalue weighted by molar-refractivity contribution is 0.851. The highest BCUT2D eigenvalue weighted by atomic mass is 79.9. The third-order valence-electron chi connectivity index (χ3n) is 2.51. The maximum absolute atomic E-state index is 5.96. The molecule has 0 bridgehead atoms. The fourth-order valence-corrected chi connectivity index (χ4v) is 3.16. The lowest BCUT2D eigenvalue weighted by Crippen LogP contribution is -1.99. The number of nitrogens with zero attached hydrogens (tertiary/aromatic N) is 4. The summed E-state index contributed by atoms with van der Waals surface area (Å²) in [5.41, 5.74) is 0. The van der Waals surface area contributed by atoms with E-state index < -0.39 is 0 Å². The summed E-state index contributed by atoms with van der Waals surface area (Å²) in [4.78, 5) is 10.7. The zero-order valence-corrected chi connectivity index (χ0v) is 12.6. The Morgan fingerprint density at radius 2 is 2.28 bits per heavy atom. The molecule has 3 aromatic heterocycles. The molecule has 0 aliphatic rings. The van der Waals surface area contributed by atoms with Gasteiger partial charge in [-0.2, -0.15) is 10.1 Å². The smallest absolute Gasteiger partial charge is 0.221 e. The van der Waals surface area contributed by atoms with Crippen molar-refractivity contribution in [2.75, 3.05) is 0 Å². The Bertz CT molecular complexity index is 721. The zero-order valence-electron chi connectivity index (χ0n) is 9.39. The molecule has 3 aromatic rings. The molecule has 0 spiro atoms. The Morgan fingerprint density at radius 1 is 1.44 bits per heavy atom. The molecule has 0 N–H and O–H groups in total. The molecule has 3 heterocycles. The van der Waals surface area contributed by atoms with Gasteiger partial charge in [0.15, 0.2) is 5.82 Å². The van der Waals surface area contributed by atoms with E-state index in [9.17, 15) is 0 Å². The lowest BCUT2D eigenvalue weighted by atomic mass is 10.3. The summed E-state index contributed by atoms with van der Waals surface area (Å²) in [6, 6.07) is 2.10. The molecule has 0 aromatic carbocycles. The highest BCUT2D eigenvalue weighted by Gasteiger charge is 2.12. The van der Waals surface area contributed by atoms with Gasteiger partial charge < -0.3 is 0 Å². The van der Waals surface area contributed by atoms with Crippen molar-refractivity contribution in [2.45, 2.75) is 13.3 Å². The second-order valence-corrected chi connectivity index (χ2v) is 6.07. The summed E-state index contributed by atoms with van der Waals surface area (Å²) < 4.78 is 2.60. The molecule has 0 unspecified atom stereocenters. The van der Waals surface area contributed by atoms with E-state index in [4.69, 9.17) is 11.6 Å². The van der Waals surface area contributed by atoms with E-state index in [1.807, 2.05) is 6.20 Å². The van der Waals surface area contributed by atoms with E-state index >= 15 is 0 Å². The van der Waals surface area contributed by atoms with Gasteiger partial charge in [-0.05, 0) is 40.0 Å². The molecule has 18 heavy (non-hydrogen) atoms. The normalized spacial score (nSPS) is 11.3. The SMILES string of the molecule is CCc1cc2c(-n3cc(Br)cn3)nc(Cl)nc2s1. The van der Waals surface area contributed by atoms with Crippen LogP contribution in [0.2, 0.25) is 5.28 Å². The summed E-state index contributed by atoms with van der Waals surface area (Å²) >= 11 is 11.0. The van der Waals surface area contributed by atoms with Crippen LogP contribution in [0.5, 0.6) is 0 Å². The van der Waals surface area contributed by atoms with Crippen LogP contribution in [0.3, 0.4) is 0 Å². The summed E-state index contributed by atoms with van der Waals surface area (Å²) in [6.45, 7) is 2.12. The second-order valence-electron chi connectivity index (χ2n) is 3.70. The van der Waals surface area contributed by atoms with Crippen LogP contribution < -0.4 is 0 Å². The molecule has 3 rings (SSSR count). The third-order valence-corrected chi connectivity index (χ3v) is 4.26. The van der Waals surface area contributed by atoms with Gasteiger partial charge in [0, 0.05) is 11.1 Å². The van der Waals surface area contributed by atoms with Gasteiger partial charge in [-0.3, -0.25) is 0 Å². The summed E-state index contributed by atoms with van der Waals surface area (Å²) in [7, 11) is 0. The molecule has 4 nitrogen and oxygen atoms in total. The number of aromatic nitrogens is 4. The first-order valence-corrected chi connectivity index (χ1v) is 7.32. The molecule has 0 aliphatic heterocycles. The summed E-state index contributed by atoms with van der Waals surface area (Å²) in [5, 5.41) is 5.47. The van der Waals surface area contributed by atoms with Crippen molar-refractivity contribution < 1.29 is 0 Å². The first-order chi connectivity index (χ1) is 8.67. The van der Waals surface area contributed by atoms with Crippen LogP contribution in [0.15, 0.2) is 22.9 Å². The van der Waals surface area contributed by atoms with Crippen LogP contribution in [-0.2, 0) is 6.42 Å². The number of hydrogen-bond acceptors (Lipinski definition) is 4. The van der Waals surface area contributed by atoms with E-state index in [-0.39, 0.29) is 5.28 Å². The summed E-state index contributed by atoms with van der Waals surface area (Å²) in [6.07, 6.45) is 4.54. The van der Waals surface area contributed by atoms with Crippen molar-refractivity contribution in [3.63, 3.8) is 0 Å². The quantitative estimate of drug-likeness (QED) is 0.664.